The number of ether oxygens (including phenoxy) is 3. The van der Waals surface area contributed by atoms with Crippen LogP contribution < -0.4 is 9.61 Å². The quantitative estimate of drug-likeness (QED) is 0.0842. The maximum atomic E-state index is 13.0. The number of benzene rings is 4. The van der Waals surface area contributed by atoms with E-state index in [-0.39, 0.29) is 4.87 Å². The summed E-state index contributed by atoms with van der Waals surface area (Å²) in [7, 11) is 1.35. The third kappa shape index (κ3) is 7.80. The Morgan fingerprint density at radius 1 is 0.886 bits per heavy atom. The Morgan fingerprint density at radius 2 is 1.61 bits per heavy atom. The lowest BCUT2D eigenvalue weighted by molar-refractivity contribution is -0.153. The first-order valence-electron chi connectivity index (χ1n) is 14.4. The number of carbonyl (C=O) groups excluding carboxylic acids is 1. The van der Waals surface area contributed by atoms with Gasteiger partial charge in [-0.25, -0.2) is 4.79 Å². The predicted molar refractivity (Wildman–Crippen MR) is 172 cm³/mol. The zero-order valence-corrected chi connectivity index (χ0v) is 25.5. The number of esters is 1. The standard InChI is InChI=1S/C35H34N2O6S/c1-3-41-31(34(38)40-2)22-25-14-17-29(18-15-25)42-21-20-37-30-19-16-28(23-32(30)44-35(37)39)33(27-12-8-5-9-13-27)36-43-24-26-10-6-4-7-11-26/h4-19,23,31H,3,20-22,24H2,1-2H3/b36-33+. The smallest absolute Gasteiger partial charge is 0.335 e. The lowest BCUT2D eigenvalue weighted by atomic mass is 10.0. The molecule has 0 spiro atoms. The molecule has 5 aromatic rings. The number of carbonyl (C=O) groups is 1. The first-order valence-corrected chi connectivity index (χ1v) is 15.2. The fourth-order valence-electron chi connectivity index (χ4n) is 4.77. The summed E-state index contributed by atoms with van der Waals surface area (Å²) in [5.41, 5.74) is 5.28. The van der Waals surface area contributed by atoms with Gasteiger partial charge in [-0.05, 0) is 42.3 Å². The number of hydrogen-bond acceptors (Lipinski definition) is 8. The van der Waals surface area contributed by atoms with Gasteiger partial charge in [-0.1, -0.05) is 95.4 Å². The minimum atomic E-state index is -0.645. The third-order valence-electron chi connectivity index (χ3n) is 6.98. The lowest BCUT2D eigenvalue weighted by Gasteiger charge is -2.15. The monoisotopic (exact) mass is 610 g/mol. The van der Waals surface area contributed by atoms with Gasteiger partial charge in [0.2, 0.25) is 0 Å². The van der Waals surface area contributed by atoms with Gasteiger partial charge in [0.1, 0.15) is 24.7 Å². The van der Waals surface area contributed by atoms with Gasteiger partial charge in [0.25, 0.3) is 0 Å². The molecule has 4 aromatic carbocycles. The molecule has 0 amide bonds. The molecule has 1 unspecified atom stereocenters. The molecule has 8 nitrogen and oxygen atoms in total. The lowest BCUT2D eigenvalue weighted by Crippen LogP contribution is -2.28. The number of fused-ring (bicyclic) bond motifs is 1. The van der Waals surface area contributed by atoms with E-state index in [2.05, 4.69) is 5.16 Å². The largest absolute Gasteiger partial charge is 0.492 e. The highest BCUT2D eigenvalue weighted by molar-refractivity contribution is 7.16. The van der Waals surface area contributed by atoms with Gasteiger partial charge < -0.3 is 19.0 Å². The number of thiazole rings is 1. The Balaban J connectivity index is 1.26. The highest BCUT2D eigenvalue weighted by atomic mass is 32.1. The number of rotatable bonds is 14. The van der Waals surface area contributed by atoms with Gasteiger partial charge in [-0.2, -0.15) is 0 Å². The highest BCUT2D eigenvalue weighted by Gasteiger charge is 2.20. The van der Waals surface area contributed by atoms with Crippen LogP contribution in [0.25, 0.3) is 10.2 Å². The van der Waals surface area contributed by atoms with Crippen LogP contribution in [0.15, 0.2) is 113 Å². The summed E-state index contributed by atoms with van der Waals surface area (Å²) in [6.45, 7) is 3.33. The molecule has 5 rings (SSSR count). The zero-order chi connectivity index (χ0) is 30.7. The van der Waals surface area contributed by atoms with Gasteiger partial charge in [0.05, 0.1) is 23.9 Å². The first kappa shape index (κ1) is 30.7. The average molecular weight is 611 g/mol. The normalized spacial score (nSPS) is 12.2. The topological polar surface area (TPSA) is 88.4 Å². The molecule has 1 heterocycles. The van der Waals surface area contributed by atoms with Gasteiger partial charge in [0.15, 0.2) is 6.10 Å². The summed E-state index contributed by atoms with van der Waals surface area (Å²) >= 11 is 1.19. The molecule has 226 valence electrons. The molecule has 0 radical (unpaired) electrons. The van der Waals surface area contributed by atoms with E-state index < -0.39 is 12.1 Å². The van der Waals surface area contributed by atoms with Crippen molar-refractivity contribution in [2.24, 2.45) is 5.16 Å². The van der Waals surface area contributed by atoms with Crippen LogP contribution in [0.4, 0.5) is 0 Å². The molecular formula is C35H34N2O6S. The van der Waals surface area contributed by atoms with Gasteiger partial charge in [-0.3, -0.25) is 9.36 Å². The molecule has 0 aliphatic rings. The van der Waals surface area contributed by atoms with Gasteiger partial charge >= 0.3 is 10.8 Å². The highest BCUT2D eigenvalue weighted by Crippen LogP contribution is 2.22. The number of methoxy groups -OCH3 is 1. The van der Waals surface area contributed by atoms with Crippen molar-refractivity contribution in [3.05, 3.63) is 135 Å². The first-order chi connectivity index (χ1) is 21.6. The summed E-state index contributed by atoms with van der Waals surface area (Å²) in [6.07, 6.45) is -0.234. The van der Waals surface area contributed by atoms with Crippen LogP contribution in [0.2, 0.25) is 0 Å². The summed E-state index contributed by atoms with van der Waals surface area (Å²) in [6, 6.07) is 33.1. The molecule has 0 saturated heterocycles. The van der Waals surface area contributed by atoms with Gasteiger partial charge in [-0.15, -0.1) is 0 Å². The van der Waals surface area contributed by atoms with Crippen molar-refractivity contribution in [1.29, 1.82) is 0 Å². The van der Waals surface area contributed by atoms with Crippen LogP contribution in [-0.4, -0.2) is 42.7 Å². The van der Waals surface area contributed by atoms with Crippen molar-refractivity contribution < 1.29 is 23.8 Å². The van der Waals surface area contributed by atoms with E-state index in [0.717, 1.165) is 32.5 Å². The van der Waals surface area contributed by atoms with Crippen molar-refractivity contribution in [3.8, 4) is 5.75 Å². The summed E-state index contributed by atoms with van der Waals surface area (Å²) in [5, 5.41) is 4.51. The Hall–Kier alpha value is -4.73. The predicted octanol–water partition coefficient (Wildman–Crippen LogP) is 6.23. The Kier molecular flexibility index (Phi) is 10.6. The van der Waals surface area contributed by atoms with Crippen LogP contribution in [-0.2, 0) is 38.7 Å². The summed E-state index contributed by atoms with van der Waals surface area (Å²) in [5.74, 6) is 0.279. The number of nitrogens with zero attached hydrogens (tertiary/aromatic N) is 2. The molecule has 0 fully saturated rings. The van der Waals surface area contributed by atoms with E-state index in [0.29, 0.717) is 44.2 Å². The van der Waals surface area contributed by atoms with Crippen LogP contribution in [0.1, 0.15) is 29.2 Å². The van der Waals surface area contributed by atoms with E-state index in [1.54, 1.807) is 4.57 Å². The summed E-state index contributed by atoms with van der Waals surface area (Å²) < 4.78 is 18.9. The average Bonchev–Trinajstić information content (AvgIpc) is 3.38. The molecule has 0 aliphatic carbocycles. The van der Waals surface area contributed by atoms with Crippen LogP contribution in [0.5, 0.6) is 5.75 Å². The molecule has 9 heteroatoms. The van der Waals surface area contributed by atoms with Crippen LogP contribution in [0, 0.1) is 0 Å². The Morgan fingerprint density at radius 3 is 2.32 bits per heavy atom. The Bertz CT molecular complexity index is 1750. The van der Waals surface area contributed by atoms with Crippen LogP contribution >= 0.6 is 11.3 Å². The van der Waals surface area contributed by atoms with E-state index in [9.17, 15) is 9.59 Å². The van der Waals surface area contributed by atoms with E-state index >= 15 is 0 Å². The molecular weight excluding hydrogens is 576 g/mol. The molecule has 1 atom stereocenters. The van der Waals surface area contributed by atoms with Crippen LogP contribution in [0.3, 0.4) is 0 Å². The van der Waals surface area contributed by atoms with Crippen molar-refractivity contribution in [2.75, 3.05) is 20.3 Å². The Labute approximate surface area is 260 Å². The van der Waals surface area contributed by atoms with E-state index in [1.807, 2.05) is 110 Å². The maximum absolute atomic E-state index is 13.0. The van der Waals surface area contributed by atoms with Crippen molar-refractivity contribution >= 4 is 33.2 Å². The SMILES string of the molecule is CCOC(Cc1ccc(OCCn2c(=O)sc3cc(/C(=N/OCc4ccccc4)c4ccccc4)ccc32)cc1)C(=O)OC. The second-order valence-corrected chi connectivity index (χ2v) is 10.9. The third-order valence-corrected chi connectivity index (χ3v) is 7.92. The number of oxime groups is 1. The van der Waals surface area contributed by atoms with Crippen molar-refractivity contribution in [3.63, 3.8) is 0 Å². The van der Waals surface area contributed by atoms with Crippen molar-refractivity contribution in [2.45, 2.75) is 32.6 Å². The molecule has 44 heavy (non-hydrogen) atoms. The van der Waals surface area contributed by atoms with Crippen molar-refractivity contribution in [1.82, 2.24) is 4.57 Å². The fourth-order valence-corrected chi connectivity index (χ4v) is 5.73. The maximum Gasteiger partial charge on any atom is 0.335 e. The molecule has 0 bridgehead atoms. The number of aromatic nitrogens is 1. The molecule has 0 N–H and O–H groups in total. The second-order valence-electron chi connectivity index (χ2n) is 9.93. The molecule has 0 aliphatic heterocycles. The fraction of sp³-hybridized carbons (Fsp3) is 0.229. The second kappa shape index (κ2) is 15.1. The van der Waals surface area contributed by atoms with E-state index in [1.165, 1.54) is 18.4 Å². The molecule has 0 saturated carbocycles. The van der Waals surface area contributed by atoms with E-state index in [4.69, 9.17) is 19.0 Å². The number of hydrogen-bond donors (Lipinski definition) is 0. The molecule has 1 aromatic heterocycles. The zero-order valence-electron chi connectivity index (χ0n) is 24.7. The minimum Gasteiger partial charge on any atom is -0.492 e. The minimum absolute atomic E-state index is 0.0561. The van der Waals surface area contributed by atoms with Gasteiger partial charge in [0, 0.05) is 24.2 Å². The summed E-state index contributed by atoms with van der Waals surface area (Å²) in [4.78, 5) is 30.6.